The summed E-state index contributed by atoms with van der Waals surface area (Å²) in [5.74, 6) is -2.93. The molecule has 23 heavy (non-hydrogen) atoms. The van der Waals surface area contributed by atoms with Crippen LogP contribution in [-0.4, -0.2) is 29.3 Å². The fourth-order valence-corrected chi connectivity index (χ4v) is 2.58. The molecular weight excluding hydrogens is 304 g/mol. The first-order chi connectivity index (χ1) is 11.0. The summed E-state index contributed by atoms with van der Waals surface area (Å²) in [6.07, 6.45) is 5.46. The smallest absolute Gasteiger partial charge is 0.258 e. The van der Waals surface area contributed by atoms with Crippen LogP contribution in [0.2, 0.25) is 0 Å². The topological polar surface area (TPSA) is 56.1 Å². The first-order valence-corrected chi connectivity index (χ1v) is 7.32. The van der Waals surface area contributed by atoms with E-state index < -0.39 is 23.1 Å². The molecule has 122 valence electrons. The SMILES string of the molecule is COc1ccc(F)c(F)c1C(=O)NCC1(Cn2cccn2)CC1. The molecule has 0 bridgehead atoms. The third-order valence-electron chi connectivity index (χ3n) is 4.14. The zero-order chi connectivity index (χ0) is 16.4. The number of carbonyl (C=O) groups excluding carboxylic acids is 1. The molecule has 1 saturated carbocycles. The van der Waals surface area contributed by atoms with Crippen LogP contribution in [0.1, 0.15) is 23.2 Å². The Morgan fingerprint density at radius 3 is 2.83 bits per heavy atom. The quantitative estimate of drug-likeness (QED) is 0.889. The van der Waals surface area contributed by atoms with Gasteiger partial charge >= 0.3 is 0 Å². The van der Waals surface area contributed by atoms with Crippen molar-refractivity contribution in [3.63, 3.8) is 0 Å². The average molecular weight is 321 g/mol. The Morgan fingerprint density at radius 2 is 2.22 bits per heavy atom. The zero-order valence-electron chi connectivity index (χ0n) is 12.7. The van der Waals surface area contributed by atoms with E-state index >= 15 is 0 Å². The van der Waals surface area contributed by atoms with Crippen LogP contribution in [0.3, 0.4) is 0 Å². The predicted octanol–water partition coefficient (Wildman–Crippen LogP) is 2.38. The zero-order valence-corrected chi connectivity index (χ0v) is 12.7. The first-order valence-electron chi connectivity index (χ1n) is 7.32. The molecule has 0 radical (unpaired) electrons. The van der Waals surface area contributed by atoms with Gasteiger partial charge in [0.1, 0.15) is 11.3 Å². The lowest BCUT2D eigenvalue weighted by Gasteiger charge is -2.17. The highest BCUT2D eigenvalue weighted by Crippen LogP contribution is 2.46. The maximum atomic E-state index is 13.9. The molecule has 0 aliphatic heterocycles. The second kappa shape index (κ2) is 5.98. The Kier molecular flexibility index (Phi) is 4.02. The number of amides is 1. The molecule has 1 heterocycles. The normalized spacial score (nSPS) is 15.3. The number of benzene rings is 1. The number of hydrogen-bond donors (Lipinski definition) is 1. The number of nitrogens with zero attached hydrogens (tertiary/aromatic N) is 2. The highest BCUT2D eigenvalue weighted by Gasteiger charge is 2.43. The van der Waals surface area contributed by atoms with Crippen LogP contribution in [0, 0.1) is 17.0 Å². The molecule has 3 rings (SSSR count). The van der Waals surface area contributed by atoms with Gasteiger partial charge in [0.05, 0.1) is 7.11 Å². The fourth-order valence-electron chi connectivity index (χ4n) is 2.58. The van der Waals surface area contributed by atoms with E-state index in [1.807, 2.05) is 16.9 Å². The molecule has 1 fully saturated rings. The van der Waals surface area contributed by atoms with Crippen LogP contribution in [0.25, 0.3) is 0 Å². The summed E-state index contributed by atoms with van der Waals surface area (Å²) in [7, 11) is 1.31. The highest BCUT2D eigenvalue weighted by atomic mass is 19.2. The molecule has 0 atom stereocenters. The number of aromatic nitrogens is 2. The second-order valence-corrected chi connectivity index (χ2v) is 5.82. The summed E-state index contributed by atoms with van der Waals surface area (Å²) < 4.78 is 34.0. The minimum Gasteiger partial charge on any atom is -0.496 e. The minimum absolute atomic E-state index is 0.0123. The Balaban J connectivity index is 1.69. The number of halogens is 2. The van der Waals surface area contributed by atoms with Gasteiger partial charge < -0.3 is 10.1 Å². The number of ether oxygens (including phenoxy) is 1. The van der Waals surface area contributed by atoms with Crippen molar-refractivity contribution in [1.29, 1.82) is 0 Å². The van der Waals surface area contributed by atoms with Crippen molar-refractivity contribution in [1.82, 2.24) is 15.1 Å². The van der Waals surface area contributed by atoms with E-state index in [0.717, 1.165) is 18.9 Å². The maximum absolute atomic E-state index is 13.9. The van der Waals surface area contributed by atoms with Crippen molar-refractivity contribution < 1.29 is 18.3 Å². The number of methoxy groups -OCH3 is 1. The third-order valence-corrected chi connectivity index (χ3v) is 4.14. The van der Waals surface area contributed by atoms with Crippen molar-refractivity contribution in [3.8, 4) is 5.75 Å². The van der Waals surface area contributed by atoms with Crippen LogP contribution in [-0.2, 0) is 6.54 Å². The van der Waals surface area contributed by atoms with Crippen molar-refractivity contribution in [3.05, 3.63) is 47.8 Å². The van der Waals surface area contributed by atoms with Crippen LogP contribution in [0.5, 0.6) is 5.75 Å². The Labute approximate surface area is 132 Å². The summed E-state index contributed by atoms with van der Waals surface area (Å²) in [4.78, 5) is 12.3. The van der Waals surface area contributed by atoms with E-state index in [2.05, 4.69) is 10.4 Å². The summed E-state index contributed by atoms with van der Waals surface area (Å²) >= 11 is 0. The number of rotatable bonds is 6. The molecule has 1 N–H and O–H groups in total. The van der Waals surface area contributed by atoms with E-state index in [9.17, 15) is 13.6 Å². The van der Waals surface area contributed by atoms with Gasteiger partial charge in [-0.2, -0.15) is 5.10 Å². The average Bonchev–Trinajstić information content (AvgIpc) is 3.11. The molecule has 5 nitrogen and oxygen atoms in total. The monoisotopic (exact) mass is 321 g/mol. The molecule has 0 spiro atoms. The summed E-state index contributed by atoms with van der Waals surface area (Å²) in [5, 5.41) is 6.84. The van der Waals surface area contributed by atoms with Gasteiger partial charge in [0.25, 0.3) is 5.91 Å². The maximum Gasteiger partial charge on any atom is 0.258 e. The van der Waals surface area contributed by atoms with E-state index in [4.69, 9.17) is 4.74 Å². The van der Waals surface area contributed by atoms with Gasteiger partial charge in [-0.1, -0.05) is 0 Å². The van der Waals surface area contributed by atoms with Crippen LogP contribution >= 0.6 is 0 Å². The summed E-state index contributed by atoms with van der Waals surface area (Å²) in [6, 6.07) is 4.01. The number of hydrogen-bond acceptors (Lipinski definition) is 3. The lowest BCUT2D eigenvalue weighted by molar-refractivity contribution is 0.0934. The summed E-state index contributed by atoms with van der Waals surface area (Å²) in [6.45, 7) is 1.06. The fraction of sp³-hybridized carbons (Fsp3) is 0.375. The number of nitrogens with one attached hydrogen (secondary N) is 1. The van der Waals surface area contributed by atoms with Gasteiger partial charge in [-0.25, -0.2) is 8.78 Å². The van der Waals surface area contributed by atoms with Crippen molar-refractivity contribution in [2.24, 2.45) is 5.41 Å². The van der Waals surface area contributed by atoms with Gasteiger partial charge in [-0.3, -0.25) is 9.48 Å². The lowest BCUT2D eigenvalue weighted by Crippen LogP contribution is -2.33. The number of carbonyl (C=O) groups is 1. The van der Waals surface area contributed by atoms with Crippen LogP contribution in [0.4, 0.5) is 8.78 Å². The molecule has 7 heteroatoms. The Bertz CT molecular complexity index is 712. The van der Waals surface area contributed by atoms with E-state index in [-0.39, 0.29) is 11.2 Å². The summed E-state index contributed by atoms with van der Waals surface area (Å²) in [5.41, 5.74) is -0.471. The lowest BCUT2D eigenvalue weighted by atomic mass is 10.1. The van der Waals surface area contributed by atoms with Gasteiger partial charge in [0.2, 0.25) is 0 Å². The highest BCUT2D eigenvalue weighted by molar-refractivity contribution is 5.97. The third kappa shape index (κ3) is 3.18. The van der Waals surface area contributed by atoms with E-state index in [1.165, 1.54) is 13.2 Å². The first kappa shape index (κ1) is 15.5. The molecule has 0 unspecified atom stereocenters. The molecule has 1 aliphatic carbocycles. The molecule has 1 aromatic heterocycles. The van der Waals surface area contributed by atoms with Gasteiger partial charge in [-0.15, -0.1) is 0 Å². The molecule has 1 amide bonds. The van der Waals surface area contributed by atoms with Crippen molar-refractivity contribution in [2.45, 2.75) is 19.4 Å². The minimum atomic E-state index is -1.20. The van der Waals surface area contributed by atoms with Gasteiger partial charge in [-0.05, 0) is 31.0 Å². The van der Waals surface area contributed by atoms with Crippen molar-refractivity contribution in [2.75, 3.05) is 13.7 Å². The standard InChI is InChI=1S/C16H17F2N3O2/c1-23-12-4-3-11(17)14(18)13(12)15(22)19-9-16(5-6-16)10-21-8-2-7-20-21/h2-4,7-8H,5-6,9-10H2,1H3,(H,19,22). The molecular formula is C16H17F2N3O2. The Morgan fingerprint density at radius 1 is 1.43 bits per heavy atom. The van der Waals surface area contributed by atoms with Crippen LogP contribution in [0.15, 0.2) is 30.6 Å². The predicted molar refractivity (Wildman–Crippen MR) is 79.1 cm³/mol. The van der Waals surface area contributed by atoms with Crippen LogP contribution < -0.4 is 10.1 Å². The Hall–Kier alpha value is -2.44. The van der Waals surface area contributed by atoms with E-state index in [1.54, 1.807) is 6.20 Å². The van der Waals surface area contributed by atoms with Gasteiger partial charge in [0.15, 0.2) is 11.6 Å². The molecule has 0 saturated heterocycles. The second-order valence-electron chi connectivity index (χ2n) is 5.82. The molecule has 1 aromatic carbocycles. The van der Waals surface area contributed by atoms with Crippen molar-refractivity contribution >= 4 is 5.91 Å². The van der Waals surface area contributed by atoms with Gasteiger partial charge in [0, 0.05) is 30.9 Å². The molecule has 1 aliphatic rings. The largest absolute Gasteiger partial charge is 0.496 e. The molecule has 2 aromatic rings. The van der Waals surface area contributed by atoms with E-state index in [0.29, 0.717) is 13.1 Å².